The van der Waals surface area contributed by atoms with Crippen LogP contribution in [-0.4, -0.2) is 19.9 Å². The first-order valence-corrected chi connectivity index (χ1v) is 12.2. The van der Waals surface area contributed by atoms with E-state index in [1.165, 1.54) is 0 Å². The summed E-state index contributed by atoms with van der Waals surface area (Å²) in [6.07, 6.45) is 3.02. The van der Waals surface area contributed by atoms with Crippen molar-refractivity contribution in [2.75, 3.05) is 10.5 Å². The van der Waals surface area contributed by atoms with E-state index in [2.05, 4.69) is 16.9 Å². The lowest BCUT2D eigenvalue weighted by molar-refractivity contribution is 0.482. The molecule has 0 fully saturated rings. The highest BCUT2D eigenvalue weighted by atomic mass is 32.2. The van der Waals surface area contributed by atoms with Gasteiger partial charge in [0.15, 0.2) is 0 Å². The summed E-state index contributed by atoms with van der Waals surface area (Å²) < 4.78 is 32.8. The van der Waals surface area contributed by atoms with Crippen LogP contribution in [0, 0.1) is 0 Å². The van der Waals surface area contributed by atoms with E-state index in [1.54, 1.807) is 0 Å². The van der Waals surface area contributed by atoms with E-state index >= 15 is 0 Å². The number of benzene rings is 3. The molecular formula is C25H26N2O3S. The van der Waals surface area contributed by atoms with Crippen LogP contribution in [0.2, 0.25) is 0 Å². The molecule has 1 heterocycles. The third kappa shape index (κ3) is 5.73. The smallest absolute Gasteiger partial charge is 0.232 e. The summed E-state index contributed by atoms with van der Waals surface area (Å²) >= 11 is 0. The predicted octanol–water partition coefficient (Wildman–Crippen LogP) is 5.89. The van der Waals surface area contributed by atoms with Crippen molar-refractivity contribution in [1.82, 2.24) is 0 Å². The molecule has 0 amide bonds. The Morgan fingerprint density at radius 2 is 1.71 bits per heavy atom. The zero-order chi connectivity index (χ0) is 21.7. The Balaban J connectivity index is 1.39. The highest BCUT2D eigenvalue weighted by Gasteiger charge is 2.17. The number of hydrogen-bond donors (Lipinski definition) is 1. The first-order chi connectivity index (χ1) is 15.0. The normalized spacial score (nSPS) is 12.9. The van der Waals surface area contributed by atoms with Gasteiger partial charge in [-0.15, -0.1) is 0 Å². The van der Waals surface area contributed by atoms with Crippen LogP contribution in [0.5, 0.6) is 11.5 Å². The topological polar surface area (TPSA) is 67.8 Å². The van der Waals surface area contributed by atoms with Crippen molar-refractivity contribution in [3.8, 4) is 11.5 Å². The Morgan fingerprint density at radius 1 is 0.968 bits per heavy atom. The predicted molar refractivity (Wildman–Crippen MR) is 126 cm³/mol. The zero-order valence-electron chi connectivity index (χ0n) is 17.5. The van der Waals surface area contributed by atoms with Crippen LogP contribution in [0.4, 0.5) is 11.4 Å². The molecule has 0 aromatic heterocycles. The standard InChI is InChI=1S/C25H26N2O3S/c1-2-3-15-31(28,29)27-21-12-11-20-17-22(26-25(20)18-21)16-19-9-13-24(14-10-19)30-23-7-5-4-6-8-23/h4-14,18,27H,2-3,15-17H2,1H3. The molecule has 6 heteroatoms. The number of aliphatic imine (C=N–C) groups is 1. The molecule has 0 saturated heterocycles. The molecule has 0 bridgehead atoms. The lowest BCUT2D eigenvalue weighted by atomic mass is 10.0. The number of hydrogen-bond acceptors (Lipinski definition) is 4. The highest BCUT2D eigenvalue weighted by molar-refractivity contribution is 7.92. The van der Waals surface area contributed by atoms with Crippen molar-refractivity contribution >= 4 is 27.1 Å². The third-order valence-corrected chi connectivity index (χ3v) is 6.48. The molecule has 0 saturated carbocycles. The molecule has 0 spiro atoms. The molecule has 4 rings (SSSR count). The van der Waals surface area contributed by atoms with Gasteiger partial charge in [0, 0.05) is 18.6 Å². The Bertz CT molecular complexity index is 1170. The van der Waals surface area contributed by atoms with Gasteiger partial charge in [-0.05, 0) is 53.9 Å². The van der Waals surface area contributed by atoms with Crippen molar-refractivity contribution in [3.63, 3.8) is 0 Å². The maximum absolute atomic E-state index is 12.2. The molecule has 160 valence electrons. The van der Waals surface area contributed by atoms with Crippen molar-refractivity contribution < 1.29 is 13.2 Å². The van der Waals surface area contributed by atoms with Crippen LogP contribution in [0.3, 0.4) is 0 Å². The van der Waals surface area contributed by atoms with Gasteiger partial charge in [0.2, 0.25) is 10.0 Å². The van der Waals surface area contributed by atoms with Gasteiger partial charge in [0.1, 0.15) is 11.5 Å². The minimum Gasteiger partial charge on any atom is -0.457 e. The number of sulfonamides is 1. The Hall–Kier alpha value is -3.12. The first kappa shape index (κ1) is 21.1. The quantitative estimate of drug-likeness (QED) is 0.456. The molecule has 1 aliphatic heterocycles. The number of anilines is 1. The fourth-order valence-electron chi connectivity index (χ4n) is 3.51. The second-order valence-corrected chi connectivity index (χ2v) is 9.55. The van der Waals surface area contributed by atoms with E-state index in [9.17, 15) is 8.42 Å². The third-order valence-electron chi connectivity index (χ3n) is 5.11. The molecule has 3 aromatic rings. The second-order valence-electron chi connectivity index (χ2n) is 7.71. The van der Waals surface area contributed by atoms with Gasteiger partial charge in [-0.1, -0.05) is 49.7 Å². The molecule has 31 heavy (non-hydrogen) atoms. The lowest BCUT2D eigenvalue weighted by Gasteiger charge is -2.08. The van der Waals surface area contributed by atoms with E-state index in [0.29, 0.717) is 12.1 Å². The number of unbranched alkanes of at least 4 members (excludes halogenated alkanes) is 1. The molecule has 1 aliphatic rings. The van der Waals surface area contributed by atoms with Gasteiger partial charge in [-0.3, -0.25) is 9.71 Å². The van der Waals surface area contributed by atoms with Gasteiger partial charge in [-0.2, -0.15) is 0 Å². The minimum absolute atomic E-state index is 0.138. The summed E-state index contributed by atoms with van der Waals surface area (Å²) in [6, 6.07) is 23.3. The largest absolute Gasteiger partial charge is 0.457 e. The van der Waals surface area contributed by atoms with Crippen LogP contribution in [0.25, 0.3) is 0 Å². The SMILES string of the molecule is CCCCS(=O)(=O)Nc1ccc2c(c1)N=C(Cc1ccc(Oc3ccccc3)cc1)C2. The number of ether oxygens (including phenoxy) is 1. The molecule has 3 aromatic carbocycles. The summed E-state index contributed by atoms with van der Waals surface area (Å²) in [5.74, 6) is 1.75. The first-order valence-electron chi connectivity index (χ1n) is 10.5. The van der Waals surface area contributed by atoms with Gasteiger partial charge in [0.25, 0.3) is 0 Å². The summed E-state index contributed by atoms with van der Waals surface area (Å²) in [4.78, 5) is 4.74. The second kappa shape index (κ2) is 9.35. The summed E-state index contributed by atoms with van der Waals surface area (Å²) in [7, 11) is -3.31. The average Bonchev–Trinajstić information content (AvgIpc) is 3.16. The Morgan fingerprint density at radius 3 is 2.45 bits per heavy atom. The number of nitrogens with one attached hydrogen (secondary N) is 1. The van der Waals surface area contributed by atoms with Crippen molar-refractivity contribution in [3.05, 3.63) is 83.9 Å². The lowest BCUT2D eigenvalue weighted by Crippen LogP contribution is -2.16. The molecular weight excluding hydrogens is 408 g/mol. The van der Waals surface area contributed by atoms with Gasteiger partial charge < -0.3 is 4.74 Å². The Labute approximate surface area is 183 Å². The molecule has 0 aliphatic carbocycles. The van der Waals surface area contributed by atoms with E-state index in [1.807, 2.05) is 67.6 Å². The molecule has 1 N–H and O–H groups in total. The van der Waals surface area contributed by atoms with E-state index in [-0.39, 0.29) is 5.75 Å². The monoisotopic (exact) mass is 434 g/mol. The minimum atomic E-state index is -3.31. The van der Waals surface area contributed by atoms with Crippen LogP contribution in [0.15, 0.2) is 77.8 Å². The van der Waals surface area contributed by atoms with E-state index in [0.717, 1.165) is 53.3 Å². The maximum atomic E-state index is 12.2. The van der Waals surface area contributed by atoms with Gasteiger partial charge in [0.05, 0.1) is 17.1 Å². The maximum Gasteiger partial charge on any atom is 0.232 e. The van der Waals surface area contributed by atoms with E-state index < -0.39 is 10.0 Å². The number of fused-ring (bicyclic) bond motifs is 1. The molecule has 0 atom stereocenters. The number of rotatable bonds is 9. The molecule has 0 unspecified atom stereocenters. The summed E-state index contributed by atoms with van der Waals surface area (Å²) in [5, 5.41) is 0. The number of nitrogens with zero attached hydrogens (tertiary/aromatic N) is 1. The van der Waals surface area contributed by atoms with Crippen LogP contribution >= 0.6 is 0 Å². The van der Waals surface area contributed by atoms with Crippen molar-refractivity contribution in [1.29, 1.82) is 0 Å². The molecule has 5 nitrogen and oxygen atoms in total. The number of para-hydroxylation sites is 1. The van der Waals surface area contributed by atoms with E-state index in [4.69, 9.17) is 9.73 Å². The Kier molecular flexibility index (Phi) is 6.37. The fourth-order valence-corrected chi connectivity index (χ4v) is 4.77. The van der Waals surface area contributed by atoms with Crippen LogP contribution < -0.4 is 9.46 Å². The van der Waals surface area contributed by atoms with Crippen LogP contribution in [-0.2, 0) is 22.9 Å². The van der Waals surface area contributed by atoms with Crippen LogP contribution in [0.1, 0.15) is 30.9 Å². The fraction of sp³-hybridized carbons (Fsp3) is 0.240. The highest BCUT2D eigenvalue weighted by Crippen LogP contribution is 2.31. The summed E-state index contributed by atoms with van der Waals surface area (Å²) in [5.41, 5.74) is 4.76. The van der Waals surface area contributed by atoms with Crippen molar-refractivity contribution in [2.45, 2.75) is 32.6 Å². The van der Waals surface area contributed by atoms with Gasteiger partial charge in [-0.25, -0.2) is 8.42 Å². The molecule has 0 radical (unpaired) electrons. The zero-order valence-corrected chi connectivity index (χ0v) is 18.4. The van der Waals surface area contributed by atoms with Gasteiger partial charge >= 0.3 is 0 Å². The summed E-state index contributed by atoms with van der Waals surface area (Å²) in [6.45, 7) is 1.98. The average molecular weight is 435 g/mol. The van der Waals surface area contributed by atoms with Crippen molar-refractivity contribution in [2.24, 2.45) is 4.99 Å².